The van der Waals surface area contributed by atoms with E-state index in [1.165, 1.54) is 37.4 Å². The number of benzene rings is 2. The zero-order valence-electron chi connectivity index (χ0n) is 11.9. The van der Waals surface area contributed by atoms with Gasteiger partial charge >= 0.3 is 0 Å². The summed E-state index contributed by atoms with van der Waals surface area (Å²) in [5, 5.41) is 0. The van der Waals surface area contributed by atoms with Crippen LogP contribution in [0.2, 0.25) is 0 Å². The molecule has 2 rings (SSSR count). The smallest absolute Gasteiger partial charge is 0.264 e. The summed E-state index contributed by atoms with van der Waals surface area (Å²) in [6.45, 7) is 2.11. The number of aryl methyl sites for hydroxylation is 1. The second-order valence-corrected chi connectivity index (χ2v) is 6.69. The predicted octanol–water partition coefficient (Wildman–Crippen LogP) is 2.42. The van der Waals surface area contributed by atoms with Gasteiger partial charge in [0.05, 0.1) is 10.6 Å². The lowest BCUT2D eigenvalue weighted by Crippen LogP contribution is -2.27. The van der Waals surface area contributed by atoms with Crippen molar-refractivity contribution < 1.29 is 12.8 Å². The highest BCUT2D eigenvalue weighted by atomic mass is 32.2. The van der Waals surface area contributed by atoms with Crippen LogP contribution in [-0.4, -0.2) is 15.5 Å². The first kappa shape index (κ1) is 15.5. The van der Waals surface area contributed by atoms with Gasteiger partial charge in [-0.25, -0.2) is 12.8 Å². The molecule has 0 heterocycles. The van der Waals surface area contributed by atoms with Crippen molar-refractivity contribution in [3.63, 3.8) is 0 Å². The number of nitrogens with two attached hydrogens (primary N) is 1. The van der Waals surface area contributed by atoms with Gasteiger partial charge in [-0.15, -0.1) is 0 Å². The van der Waals surface area contributed by atoms with E-state index in [4.69, 9.17) is 5.73 Å². The molecule has 0 saturated heterocycles. The zero-order valence-corrected chi connectivity index (χ0v) is 12.7. The van der Waals surface area contributed by atoms with Crippen LogP contribution < -0.4 is 10.0 Å². The summed E-state index contributed by atoms with van der Waals surface area (Å²) in [5.74, 6) is -0.588. The number of hydrogen-bond donors (Lipinski definition) is 1. The van der Waals surface area contributed by atoms with E-state index < -0.39 is 15.8 Å². The summed E-state index contributed by atoms with van der Waals surface area (Å²) in [5.41, 5.74) is 7.28. The van der Waals surface area contributed by atoms with Gasteiger partial charge in [0, 0.05) is 13.6 Å². The molecule has 2 aromatic carbocycles. The maximum atomic E-state index is 13.8. The molecule has 2 N–H and O–H groups in total. The van der Waals surface area contributed by atoms with E-state index in [2.05, 4.69) is 0 Å². The van der Waals surface area contributed by atoms with E-state index in [0.29, 0.717) is 0 Å². The van der Waals surface area contributed by atoms with Crippen LogP contribution >= 0.6 is 0 Å². The number of halogens is 1. The van der Waals surface area contributed by atoms with Crippen molar-refractivity contribution >= 4 is 15.7 Å². The molecule has 2 aromatic rings. The summed E-state index contributed by atoms with van der Waals surface area (Å²) in [7, 11) is -2.50. The molecule has 6 heteroatoms. The third-order valence-electron chi connectivity index (χ3n) is 3.39. The van der Waals surface area contributed by atoms with E-state index >= 15 is 0 Å². The van der Waals surface area contributed by atoms with Gasteiger partial charge in [-0.05, 0) is 42.3 Å². The van der Waals surface area contributed by atoms with E-state index in [1.54, 1.807) is 12.1 Å². The van der Waals surface area contributed by atoms with Crippen molar-refractivity contribution in [1.29, 1.82) is 0 Å². The second-order valence-electron chi connectivity index (χ2n) is 4.72. The van der Waals surface area contributed by atoms with Gasteiger partial charge < -0.3 is 5.73 Å². The van der Waals surface area contributed by atoms with Gasteiger partial charge in [-0.2, -0.15) is 0 Å². The number of para-hydroxylation sites is 1. The predicted molar refractivity (Wildman–Crippen MR) is 81.1 cm³/mol. The van der Waals surface area contributed by atoms with Crippen molar-refractivity contribution in [3.05, 3.63) is 59.4 Å². The fraction of sp³-hybridized carbons (Fsp3) is 0.200. The lowest BCUT2D eigenvalue weighted by molar-refractivity contribution is 0.589. The fourth-order valence-electron chi connectivity index (χ4n) is 2.02. The SMILES string of the molecule is Cc1ccc(S(=O)(=O)N(C)c2ccccc2F)cc1CN. The quantitative estimate of drug-likeness (QED) is 0.943. The van der Waals surface area contributed by atoms with Crippen LogP contribution in [0.1, 0.15) is 11.1 Å². The standard InChI is InChI=1S/C15H17FN2O2S/c1-11-7-8-13(9-12(11)10-17)21(19,20)18(2)15-6-4-3-5-14(15)16/h3-9H,10,17H2,1-2H3. The maximum absolute atomic E-state index is 13.8. The molecule has 21 heavy (non-hydrogen) atoms. The van der Waals surface area contributed by atoms with Crippen molar-refractivity contribution in [3.8, 4) is 0 Å². The van der Waals surface area contributed by atoms with E-state index in [-0.39, 0.29) is 17.1 Å². The summed E-state index contributed by atoms with van der Waals surface area (Å²) in [4.78, 5) is 0.0966. The Morgan fingerprint density at radius 2 is 1.86 bits per heavy atom. The van der Waals surface area contributed by atoms with Crippen LogP contribution in [0.3, 0.4) is 0 Å². The van der Waals surface area contributed by atoms with Crippen molar-refractivity contribution in [2.45, 2.75) is 18.4 Å². The molecule has 0 aromatic heterocycles. The van der Waals surface area contributed by atoms with Gasteiger partial charge in [0.15, 0.2) is 0 Å². The van der Waals surface area contributed by atoms with Crippen LogP contribution in [0.25, 0.3) is 0 Å². The van der Waals surface area contributed by atoms with Crippen LogP contribution in [0.15, 0.2) is 47.4 Å². The lowest BCUT2D eigenvalue weighted by atomic mass is 10.1. The topological polar surface area (TPSA) is 63.4 Å². The number of nitrogens with zero attached hydrogens (tertiary/aromatic N) is 1. The highest BCUT2D eigenvalue weighted by molar-refractivity contribution is 7.92. The van der Waals surface area contributed by atoms with Gasteiger partial charge in [0.25, 0.3) is 10.0 Å². The van der Waals surface area contributed by atoms with Crippen molar-refractivity contribution in [2.24, 2.45) is 5.73 Å². The Labute approximate surface area is 124 Å². The van der Waals surface area contributed by atoms with Crippen LogP contribution in [0.4, 0.5) is 10.1 Å². The number of rotatable bonds is 4. The van der Waals surface area contributed by atoms with Crippen LogP contribution in [-0.2, 0) is 16.6 Å². The van der Waals surface area contributed by atoms with E-state index in [0.717, 1.165) is 15.4 Å². The van der Waals surface area contributed by atoms with Gasteiger partial charge in [-0.3, -0.25) is 4.31 Å². The third-order valence-corrected chi connectivity index (χ3v) is 5.16. The molecule has 0 aliphatic carbocycles. The second kappa shape index (κ2) is 5.83. The molecule has 0 bridgehead atoms. The minimum atomic E-state index is -3.83. The normalized spacial score (nSPS) is 11.4. The Balaban J connectivity index is 2.49. The summed E-state index contributed by atoms with van der Waals surface area (Å²) >= 11 is 0. The Kier molecular flexibility index (Phi) is 4.29. The number of anilines is 1. The first-order valence-corrected chi connectivity index (χ1v) is 7.85. The molecule has 0 radical (unpaired) electrons. The average molecular weight is 308 g/mol. The zero-order chi connectivity index (χ0) is 15.6. The van der Waals surface area contributed by atoms with Crippen molar-refractivity contribution in [1.82, 2.24) is 0 Å². The highest BCUT2D eigenvalue weighted by Crippen LogP contribution is 2.25. The maximum Gasteiger partial charge on any atom is 0.264 e. The molecule has 0 amide bonds. The molecule has 4 nitrogen and oxygen atoms in total. The first-order chi connectivity index (χ1) is 9.87. The largest absolute Gasteiger partial charge is 0.326 e. The molecule has 112 valence electrons. The molecular weight excluding hydrogens is 291 g/mol. The molecule has 0 saturated carbocycles. The van der Waals surface area contributed by atoms with Gasteiger partial charge in [0.2, 0.25) is 0 Å². The first-order valence-electron chi connectivity index (χ1n) is 6.41. The molecular formula is C15H17FN2O2S. The average Bonchev–Trinajstić information content (AvgIpc) is 2.47. The van der Waals surface area contributed by atoms with E-state index in [9.17, 15) is 12.8 Å². The summed E-state index contributed by atoms with van der Waals surface area (Å²) in [6, 6.07) is 10.5. The Morgan fingerprint density at radius 1 is 1.19 bits per heavy atom. The van der Waals surface area contributed by atoms with Crippen molar-refractivity contribution in [2.75, 3.05) is 11.4 Å². The Morgan fingerprint density at radius 3 is 2.48 bits per heavy atom. The Bertz CT molecular complexity index is 760. The van der Waals surface area contributed by atoms with E-state index in [1.807, 2.05) is 6.92 Å². The number of hydrogen-bond acceptors (Lipinski definition) is 3. The van der Waals surface area contributed by atoms with Crippen LogP contribution in [0, 0.1) is 12.7 Å². The fourth-order valence-corrected chi connectivity index (χ4v) is 3.28. The minimum Gasteiger partial charge on any atom is -0.326 e. The molecule has 0 aliphatic rings. The molecule has 0 aliphatic heterocycles. The summed E-state index contributed by atoms with van der Waals surface area (Å²) < 4.78 is 39.9. The van der Waals surface area contributed by atoms with Gasteiger partial charge in [0.1, 0.15) is 5.82 Å². The minimum absolute atomic E-state index is 0.00683. The monoisotopic (exact) mass is 308 g/mol. The summed E-state index contributed by atoms with van der Waals surface area (Å²) in [6.07, 6.45) is 0. The highest BCUT2D eigenvalue weighted by Gasteiger charge is 2.23. The molecule has 0 unspecified atom stereocenters. The number of sulfonamides is 1. The third kappa shape index (κ3) is 2.91. The molecule has 0 fully saturated rings. The van der Waals surface area contributed by atoms with Gasteiger partial charge in [-0.1, -0.05) is 18.2 Å². The molecule has 0 atom stereocenters. The molecule has 0 spiro atoms. The Hall–Kier alpha value is -1.92. The van der Waals surface area contributed by atoms with Crippen LogP contribution in [0.5, 0.6) is 0 Å². The lowest BCUT2D eigenvalue weighted by Gasteiger charge is -2.20.